The molecule has 1 fully saturated rings. The fourth-order valence-corrected chi connectivity index (χ4v) is 1.96. The Morgan fingerprint density at radius 3 is 2.61 bits per heavy atom. The summed E-state index contributed by atoms with van der Waals surface area (Å²) in [5, 5.41) is 12.0. The molecule has 0 heterocycles. The number of halogens is 2. The van der Waals surface area contributed by atoms with Gasteiger partial charge in [0.05, 0.1) is 12.1 Å². The molecular weight excluding hydrogens is 240 g/mol. The van der Waals surface area contributed by atoms with Crippen LogP contribution in [-0.4, -0.2) is 23.2 Å². The van der Waals surface area contributed by atoms with Crippen LogP contribution >= 0.6 is 0 Å². The second-order valence-corrected chi connectivity index (χ2v) is 4.93. The Morgan fingerprint density at radius 2 is 2.11 bits per heavy atom. The van der Waals surface area contributed by atoms with E-state index >= 15 is 0 Å². The van der Waals surface area contributed by atoms with Crippen molar-refractivity contribution in [3.8, 4) is 0 Å². The molecule has 1 saturated carbocycles. The van der Waals surface area contributed by atoms with E-state index in [1.807, 2.05) is 0 Å². The van der Waals surface area contributed by atoms with Gasteiger partial charge in [0.15, 0.2) is 11.6 Å². The number of hydrogen-bond acceptors (Lipinski definition) is 2. The number of aliphatic hydroxyl groups excluding tert-OH is 1. The molecule has 0 radical (unpaired) electrons. The summed E-state index contributed by atoms with van der Waals surface area (Å²) in [5.74, 6) is -2.30. The van der Waals surface area contributed by atoms with Gasteiger partial charge < -0.3 is 10.4 Å². The van der Waals surface area contributed by atoms with E-state index in [1.54, 1.807) is 6.92 Å². The lowest BCUT2D eigenvalue weighted by Crippen LogP contribution is -2.50. The van der Waals surface area contributed by atoms with Crippen molar-refractivity contribution in [2.45, 2.75) is 25.3 Å². The maximum atomic E-state index is 13.0. The van der Waals surface area contributed by atoms with Crippen molar-refractivity contribution >= 4 is 5.91 Å². The molecule has 18 heavy (non-hydrogen) atoms. The highest BCUT2D eigenvalue weighted by Crippen LogP contribution is 2.39. The standard InChI is InChI=1S/C13H15F2NO2/c1-13(7-17,9-3-4-9)16-12(18)8-2-5-10(14)11(15)6-8/h2,5-6,9,17H,3-4,7H2,1H3,(H,16,18). The Bertz CT molecular complexity index is 474. The Morgan fingerprint density at radius 1 is 1.44 bits per heavy atom. The van der Waals surface area contributed by atoms with Crippen molar-refractivity contribution < 1.29 is 18.7 Å². The summed E-state index contributed by atoms with van der Waals surface area (Å²) in [6.07, 6.45) is 1.91. The summed E-state index contributed by atoms with van der Waals surface area (Å²) >= 11 is 0. The lowest BCUT2D eigenvalue weighted by Gasteiger charge is -2.28. The molecular formula is C13H15F2NO2. The van der Waals surface area contributed by atoms with Gasteiger partial charge in [-0.15, -0.1) is 0 Å². The number of benzene rings is 1. The Labute approximate surface area is 104 Å². The number of amides is 1. The molecule has 1 aliphatic rings. The molecule has 1 aromatic rings. The molecule has 3 nitrogen and oxygen atoms in total. The molecule has 98 valence electrons. The number of carbonyl (C=O) groups is 1. The Kier molecular flexibility index (Phi) is 3.34. The topological polar surface area (TPSA) is 49.3 Å². The molecule has 0 aromatic heterocycles. The summed E-state index contributed by atoms with van der Waals surface area (Å²) in [5.41, 5.74) is -0.642. The molecule has 2 rings (SSSR count). The van der Waals surface area contributed by atoms with Crippen molar-refractivity contribution in [1.82, 2.24) is 5.32 Å². The molecule has 5 heteroatoms. The van der Waals surface area contributed by atoms with Crippen LogP contribution in [0.3, 0.4) is 0 Å². The zero-order valence-corrected chi connectivity index (χ0v) is 10.0. The quantitative estimate of drug-likeness (QED) is 0.862. The average Bonchev–Trinajstić information content (AvgIpc) is 3.16. The van der Waals surface area contributed by atoms with Gasteiger partial charge in [0.25, 0.3) is 5.91 Å². The van der Waals surface area contributed by atoms with Crippen LogP contribution in [0.1, 0.15) is 30.1 Å². The van der Waals surface area contributed by atoms with E-state index in [4.69, 9.17) is 0 Å². The average molecular weight is 255 g/mol. The fraction of sp³-hybridized carbons (Fsp3) is 0.462. The van der Waals surface area contributed by atoms with Crippen LogP contribution in [0.15, 0.2) is 18.2 Å². The summed E-state index contributed by atoms with van der Waals surface area (Å²) in [6, 6.07) is 2.99. The van der Waals surface area contributed by atoms with Crippen LogP contribution in [0.4, 0.5) is 8.78 Å². The molecule has 0 spiro atoms. The van der Waals surface area contributed by atoms with E-state index in [1.165, 1.54) is 6.07 Å². The third kappa shape index (κ3) is 2.51. The molecule has 1 unspecified atom stereocenters. The van der Waals surface area contributed by atoms with Gasteiger partial charge in [0.2, 0.25) is 0 Å². The van der Waals surface area contributed by atoms with Crippen LogP contribution in [0, 0.1) is 17.6 Å². The molecule has 1 atom stereocenters. The van der Waals surface area contributed by atoms with Crippen molar-refractivity contribution in [3.05, 3.63) is 35.4 Å². The summed E-state index contributed by atoms with van der Waals surface area (Å²) in [6.45, 7) is 1.58. The number of nitrogens with one attached hydrogen (secondary N) is 1. The van der Waals surface area contributed by atoms with E-state index in [0.717, 1.165) is 25.0 Å². The largest absolute Gasteiger partial charge is 0.394 e. The maximum Gasteiger partial charge on any atom is 0.251 e. The molecule has 1 aliphatic carbocycles. The lowest BCUT2D eigenvalue weighted by atomic mass is 9.96. The number of rotatable bonds is 4. The van der Waals surface area contributed by atoms with Crippen LogP contribution in [-0.2, 0) is 0 Å². The van der Waals surface area contributed by atoms with E-state index in [-0.39, 0.29) is 18.1 Å². The van der Waals surface area contributed by atoms with Crippen LogP contribution in [0.25, 0.3) is 0 Å². The highest BCUT2D eigenvalue weighted by atomic mass is 19.2. The van der Waals surface area contributed by atoms with Gasteiger partial charge in [-0.05, 0) is 43.9 Å². The zero-order chi connectivity index (χ0) is 13.3. The van der Waals surface area contributed by atoms with Crippen LogP contribution in [0.5, 0.6) is 0 Å². The smallest absolute Gasteiger partial charge is 0.251 e. The van der Waals surface area contributed by atoms with E-state index < -0.39 is 23.1 Å². The minimum atomic E-state index is -1.06. The van der Waals surface area contributed by atoms with Gasteiger partial charge in [0, 0.05) is 5.56 Å². The van der Waals surface area contributed by atoms with Gasteiger partial charge in [-0.1, -0.05) is 0 Å². The first-order chi connectivity index (χ1) is 8.46. The Hall–Kier alpha value is -1.49. The van der Waals surface area contributed by atoms with Gasteiger partial charge >= 0.3 is 0 Å². The first-order valence-electron chi connectivity index (χ1n) is 5.85. The molecule has 0 aliphatic heterocycles. The molecule has 1 aromatic carbocycles. The fourth-order valence-electron chi connectivity index (χ4n) is 1.96. The van der Waals surface area contributed by atoms with Gasteiger partial charge in [-0.2, -0.15) is 0 Å². The molecule has 0 saturated heterocycles. The molecule has 2 N–H and O–H groups in total. The second-order valence-electron chi connectivity index (χ2n) is 4.93. The van der Waals surface area contributed by atoms with E-state index in [9.17, 15) is 18.7 Å². The Balaban J connectivity index is 2.13. The van der Waals surface area contributed by atoms with Crippen molar-refractivity contribution in [3.63, 3.8) is 0 Å². The predicted octanol–water partition coefficient (Wildman–Crippen LogP) is 1.86. The van der Waals surface area contributed by atoms with Crippen LogP contribution < -0.4 is 5.32 Å². The summed E-state index contributed by atoms with van der Waals surface area (Å²) < 4.78 is 25.8. The number of carbonyl (C=O) groups excluding carboxylic acids is 1. The minimum Gasteiger partial charge on any atom is -0.394 e. The zero-order valence-electron chi connectivity index (χ0n) is 10.0. The number of hydrogen-bond donors (Lipinski definition) is 2. The molecule has 1 amide bonds. The van der Waals surface area contributed by atoms with E-state index in [2.05, 4.69) is 5.32 Å². The monoisotopic (exact) mass is 255 g/mol. The van der Waals surface area contributed by atoms with Gasteiger partial charge in [-0.3, -0.25) is 4.79 Å². The second kappa shape index (κ2) is 4.65. The highest BCUT2D eigenvalue weighted by molar-refractivity contribution is 5.94. The van der Waals surface area contributed by atoms with E-state index in [0.29, 0.717) is 0 Å². The molecule has 0 bridgehead atoms. The lowest BCUT2D eigenvalue weighted by molar-refractivity contribution is 0.0824. The van der Waals surface area contributed by atoms with Gasteiger partial charge in [-0.25, -0.2) is 8.78 Å². The summed E-state index contributed by atoms with van der Waals surface area (Å²) in [4.78, 5) is 11.9. The van der Waals surface area contributed by atoms with Crippen molar-refractivity contribution in [2.75, 3.05) is 6.61 Å². The normalized spacial score (nSPS) is 18.2. The first kappa shape index (κ1) is 13.0. The maximum absolute atomic E-state index is 13.0. The number of aliphatic hydroxyl groups is 1. The summed E-state index contributed by atoms with van der Waals surface area (Å²) in [7, 11) is 0. The van der Waals surface area contributed by atoms with Crippen LogP contribution in [0.2, 0.25) is 0 Å². The van der Waals surface area contributed by atoms with Crippen molar-refractivity contribution in [1.29, 1.82) is 0 Å². The predicted molar refractivity (Wildman–Crippen MR) is 62.0 cm³/mol. The third-order valence-electron chi connectivity index (χ3n) is 3.39. The van der Waals surface area contributed by atoms with Crippen molar-refractivity contribution in [2.24, 2.45) is 5.92 Å². The SMILES string of the molecule is CC(CO)(NC(=O)c1ccc(F)c(F)c1)C1CC1. The minimum absolute atomic E-state index is 0.0502. The third-order valence-corrected chi connectivity index (χ3v) is 3.39. The van der Waals surface area contributed by atoms with Gasteiger partial charge in [0.1, 0.15) is 0 Å². The first-order valence-corrected chi connectivity index (χ1v) is 5.85. The highest BCUT2D eigenvalue weighted by Gasteiger charge is 2.42.